The van der Waals surface area contributed by atoms with Crippen molar-refractivity contribution in [3.8, 4) is 6.07 Å². The van der Waals surface area contributed by atoms with Gasteiger partial charge in [0.05, 0.1) is 11.0 Å². The molecule has 0 saturated carbocycles. The standard InChI is InChI=1S/C16H17N3O3S2/c1-10(2)16(3,9-17)18-13(20)8-19-14(21)12(24-15(19)22)7-11-5-4-6-23-11/h4-7,10H,8H2,1-3H3,(H,18,20)/b12-7-. The average Bonchev–Trinajstić information content (AvgIpc) is 3.11. The number of carbonyl (C=O) groups is 3. The quantitative estimate of drug-likeness (QED) is 0.813. The van der Waals surface area contributed by atoms with E-state index in [-0.39, 0.29) is 5.92 Å². The van der Waals surface area contributed by atoms with Crippen molar-refractivity contribution in [2.75, 3.05) is 6.54 Å². The fourth-order valence-electron chi connectivity index (χ4n) is 1.91. The van der Waals surface area contributed by atoms with E-state index in [0.29, 0.717) is 4.91 Å². The number of thioether (sulfide) groups is 1. The van der Waals surface area contributed by atoms with Gasteiger partial charge in [0.2, 0.25) is 5.91 Å². The monoisotopic (exact) mass is 363 g/mol. The van der Waals surface area contributed by atoms with Crippen LogP contribution in [0.25, 0.3) is 6.08 Å². The zero-order chi connectivity index (χ0) is 17.9. The van der Waals surface area contributed by atoms with E-state index in [4.69, 9.17) is 0 Å². The summed E-state index contributed by atoms with van der Waals surface area (Å²) < 4.78 is 0. The van der Waals surface area contributed by atoms with Crippen molar-refractivity contribution in [2.24, 2.45) is 5.92 Å². The number of nitriles is 1. The zero-order valence-corrected chi connectivity index (χ0v) is 15.2. The van der Waals surface area contributed by atoms with Gasteiger partial charge in [-0.05, 0) is 42.1 Å². The normalized spacial score (nSPS) is 18.8. The summed E-state index contributed by atoms with van der Waals surface area (Å²) in [6.07, 6.45) is 1.64. The number of rotatable bonds is 5. The van der Waals surface area contributed by atoms with Crippen LogP contribution in [0.4, 0.5) is 4.79 Å². The molecular formula is C16H17N3O3S2. The number of hydrogen-bond donors (Lipinski definition) is 1. The molecule has 0 aliphatic carbocycles. The van der Waals surface area contributed by atoms with Gasteiger partial charge in [-0.3, -0.25) is 19.3 Å². The summed E-state index contributed by atoms with van der Waals surface area (Å²) in [6.45, 7) is 4.84. The van der Waals surface area contributed by atoms with Crippen molar-refractivity contribution in [2.45, 2.75) is 26.3 Å². The van der Waals surface area contributed by atoms with Crippen LogP contribution < -0.4 is 5.32 Å². The molecule has 1 unspecified atom stereocenters. The molecule has 0 radical (unpaired) electrons. The topological polar surface area (TPSA) is 90.3 Å². The lowest BCUT2D eigenvalue weighted by molar-refractivity contribution is -0.130. The predicted octanol–water partition coefficient (Wildman–Crippen LogP) is 2.84. The molecule has 0 aromatic carbocycles. The molecule has 3 amide bonds. The van der Waals surface area contributed by atoms with Gasteiger partial charge in [0.1, 0.15) is 12.1 Å². The zero-order valence-electron chi connectivity index (χ0n) is 13.5. The van der Waals surface area contributed by atoms with Crippen molar-refractivity contribution in [1.82, 2.24) is 10.2 Å². The Morgan fingerprint density at radius 1 is 1.50 bits per heavy atom. The summed E-state index contributed by atoms with van der Waals surface area (Å²) in [5.74, 6) is -1.13. The van der Waals surface area contributed by atoms with Crippen LogP contribution in [0.15, 0.2) is 22.4 Å². The second-order valence-corrected chi connectivity index (χ2v) is 7.77. The Morgan fingerprint density at radius 3 is 2.75 bits per heavy atom. The van der Waals surface area contributed by atoms with E-state index in [0.717, 1.165) is 21.5 Å². The van der Waals surface area contributed by atoms with Crippen LogP contribution in [-0.2, 0) is 9.59 Å². The highest BCUT2D eigenvalue weighted by molar-refractivity contribution is 8.18. The maximum atomic E-state index is 12.3. The van der Waals surface area contributed by atoms with Gasteiger partial charge < -0.3 is 5.32 Å². The van der Waals surface area contributed by atoms with Crippen LogP contribution in [0, 0.1) is 17.2 Å². The van der Waals surface area contributed by atoms with Crippen LogP contribution in [0.1, 0.15) is 25.6 Å². The molecule has 2 heterocycles. The molecule has 1 aliphatic heterocycles. The smallest absolute Gasteiger partial charge is 0.294 e. The van der Waals surface area contributed by atoms with E-state index in [2.05, 4.69) is 11.4 Å². The number of hydrogen-bond acceptors (Lipinski definition) is 6. The van der Waals surface area contributed by atoms with E-state index >= 15 is 0 Å². The second-order valence-electron chi connectivity index (χ2n) is 5.80. The summed E-state index contributed by atoms with van der Waals surface area (Å²) in [7, 11) is 0. The fraction of sp³-hybridized carbons (Fsp3) is 0.375. The number of carbonyl (C=O) groups excluding carboxylic acids is 3. The summed E-state index contributed by atoms with van der Waals surface area (Å²) in [4.78, 5) is 38.6. The van der Waals surface area contributed by atoms with Crippen LogP contribution in [0.2, 0.25) is 0 Å². The first-order valence-electron chi connectivity index (χ1n) is 7.28. The lowest BCUT2D eigenvalue weighted by atomic mass is 9.90. The van der Waals surface area contributed by atoms with Crippen molar-refractivity contribution < 1.29 is 14.4 Å². The van der Waals surface area contributed by atoms with Crippen LogP contribution in [0.5, 0.6) is 0 Å². The van der Waals surface area contributed by atoms with Gasteiger partial charge in [0.25, 0.3) is 11.1 Å². The molecule has 0 bridgehead atoms. The second kappa shape index (κ2) is 7.20. The predicted molar refractivity (Wildman–Crippen MR) is 94.0 cm³/mol. The maximum absolute atomic E-state index is 12.3. The molecule has 1 fully saturated rings. The third kappa shape index (κ3) is 3.86. The summed E-state index contributed by atoms with van der Waals surface area (Å²) >= 11 is 2.27. The van der Waals surface area contributed by atoms with Crippen LogP contribution in [-0.4, -0.2) is 34.0 Å². The molecular weight excluding hydrogens is 346 g/mol. The fourth-order valence-corrected chi connectivity index (χ4v) is 3.47. The first-order chi connectivity index (χ1) is 11.3. The van der Waals surface area contributed by atoms with Gasteiger partial charge in [0, 0.05) is 4.88 Å². The Kier molecular flexibility index (Phi) is 5.47. The van der Waals surface area contributed by atoms with E-state index in [1.54, 1.807) is 13.0 Å². The van der Waals surface area contributed by atoms with E-state index in [1.165, 1.54) is 11.3 Å². The van der Waals surface area contributed by atoms with E-state index < -0.39 is 29.1 Å². The number of nitrogens with zero attached hydrogens (tertiary/aromatic N) is 2. The van der Waals surface area contributed by atoms with Crippen LogP contribution >= 0.6 is 23.1 Å². The molecule has 2 rings (SSSR count). The molecule has 24 heavy (non-hydrogen) atoms. The Hall–Kier alpha value is -2.11. The molecule has 1 atom stereocenters. The SMILES string of the molecule is CC(C)C(C)(C#N)NC(=O)CN1C(=O)S/C(=C\c2cccs2)C1=O. The molecule has 8 heteroatoms. The van der Waals surface area contributed by atoms with E-state index in [1.807, 2.05) is 31.4 Å². The molecule has 126 valence electrons. The van der Waals surface area contributed by atoms with Gasteiger partial charge in [-0.1, -0.05) is 19.9 Å². The minimum Gasteiger partial charge on any atom is -0.336 e. The van der Waals surface area contributed by atoms with Gasteiger partial charge in [-0.25, -0.2) is 0 Å². The van der Waals surface area contributed by atoms with Crippen molar-refractivity contribution in [1.29, 1.82) is 5.26 Å². The highest BCUT2D eigenvalue weighted by atomic mass is 32.2. The summed E-state index contributed by atoms with van der Waals surface area (Å²) in [5, 5.41) is 13.2. The Labute approximate surface area is 148 Å². The number of amides is 3. The Bertz CT molecular complexity index is 734. The third-order valence-electron chi connectivity index (χ3n) is 3.78. The molecule has 1 aliphatic rings. The average molecular weight is 363 g/mol. The summed E-state index contributed by atoms with van der Waals surface area (Å²) in [6, 6.07) is 5.75. The van der Waals surface area contributed by atoms with Gasteiger partial charge >= 0.3 is 0 Å². The number of imide groups is 1. The lowest BCUT2D eigenvalue weighted by Gasteiger charge is -2.28. The van der Waals surface area contributed by atoms with Crippen molar-refractivity contribution >= 4 is 46.2 Å². The van der Waals surface area contributed by atoms with E-state index in [9.17, 15) is 19.6 Å². The molecule has 1 aromatic rings. The highest BCUT2D eigenvalue weighted by Crippen LogP contribution is 2.32. The molecule has 0 spiro atoms. The molecule has 1 aromatic heterocycles. The highest BCUT2D eigenvalue weighted by Gasteiger charge is 2.38. The Balaban J connectivity index is 2.08. The van der Waals surface area contributed by atoms with Crippen LogP contribution in [0.3, 0.4) is 0 Å². The lowest BCUT2D eigenvalue weighted by Crippen LogP contribution is -2.52. The number of nitrogens with one attached hydrogen (secondary N) is 1. The molecule has 1 N–H and O–H groups in total. The van der Waals surface area contributed by atoms with Gasteiger partial charge in [-0.2, -0.15) is 5.26 Å². The maximum Gasteiger partial charge on any atom is 0.294 e. The largest absolute Gasteiger partial charge is 0.336 e. The molecule has 6 nitrogen and oxygen atoms in total. The van der Waals surface area contributed by atoms with Crippen molar-refractivity contribution in [3.05, 3.63) is 27.3 Å². The van der Waals surface area contributed by atoms with Gasteiger partial charge in [0.15, 0.2) is 0 Å². The molecule has 1 saturated heterocycles. The number of thiophene rings is 1. The first-order valence-corrected chi connectivity index (χ1v) is 8.97. The summed E-state index contributed by atoms with van der Waals surface area (Å²) in [5.41, 5.74) is -1.05. The minimum absolute atomic E-state index is 0.111. The first kappa shape index (κ1) is 18.2. The third-order valence-corrected chi connectivity index (χ3v) is 5.50. The van der Waals surface area contributed by atoms with Gasteiger partial charge in [-0.15, -0.1) is 11.3 Å². The Morgan fingerprint density at radius 2 is 2.21 bits per heavy atom. The van der Waals surface area contributed by atoms with Crippen molar-refractivity contribution in [3.63, 3.8) is 0 Å². The minimum atomic E-state index is -1.05.